The first-order valence-electron chi connectivity index (χ1n) is 6.39. The van der Waals surface area contributed by atoms with Crippen LogP contribution >= 0.6 is 0 Å². The second-order valence-corrected chi connectivity index (χ2v) is 4.57. The van der Waals surface area contributed by atoms with E-state index in [1.165, 1.54) is 12.8 Å². The minimum Gasteiger partial charge on any atom is -0.507 e. The van der Waals surface area contributed by atoms with Crippen molar-refractivity contribution in [1.29, 1.82) is 0 Å². The Hall–Kier alpha value is -1.71. The number of benzene rings is 1. The van der Waals surface area contributed by atoms with Gasteiger partial charge >= 0.3 is 5.97 Å². The Morgan fingerprint density at radius 2 is 2.06 bits per heavy atom. The molecule has 0 atom stereocenters. The molecule has 1 aromatic rings. The molecule has 2 rings (SSSR count). The normalized spacial score (nSPS) is 14.9. The molecule has 0 amide bonds. The molecule has 0 unspecified atom stereocenters. The lowest BCUT2D eigenvalue weighted by Gasteiger charge is -2.19. The Kier molecular flexibility index (Phi) is 3.75. The summed E-state index contributed by atoms with van der Waals surface area (Å²) in [4.78, 5) is 13.9. The van der Waals surface area contributed by atoms with E-state index < -0.39 is 5.97 Å². The van der Waals surface area contributed by atoms with Crippen molar-refractivity contribution in [2.45, 2.75) is 26.7 Å². The molecule has 18 heavy (non-hydrogen) atoms. The summed E-state index contributed by atoms with van der Waals surface area (Å²) in [7, 11) is 0. The zero-order valence-electron chi connectivity index (χ0n) is 10.9. The first kappa shape index (κ1) is 12.7. The van der Waals surface area contributed by atoms with Gasteiger partial charge in [-0.3, -0.25) is 0 Å². The third kappa shape index (κ3) is 2.42. The minimum absolute atomic E-state index is 0.00958. The van der Waals surface area contributed by atoms with Crippen molar-refractivity contribution in [3.63, 3.8) is 0 Å². The number of carbonyl (C=O) groups is 1. The van der Waals surface area contributed by atoms with Gasteiger partial charge in [-0.2, -0.15) is 0 Å². The van der Waals surface area contributed by atoms with E-state index in [0.717, 1.165) is 24.3 Å². The quantitative estimate of drug-likeness (QED) is 0.836. The van der Waals surface area contributed by atoms with Gasteiger partial charge in [-0.25, -0.2) is 4.79 Å². The van der Waals surface area contributed by atoms with Crippen molar-refractivity contribution >= 4 is 11.7 Å². The van der Waals surface area contributed by atoms with Gasteiger partial charge in [0.2, 0.25) is 0 Å². The second kappa shape index (κ2) is 5.29. The smallest absolute Gasteiger partial charge is 0.342 e. The molecule has 1 fully saturated rings. The molecule has 0 spiro atoms. The summed E-state index contributed by atoms with van der Waals surface area (Å²) in [5.74, 6) is -0.448. The first-order chi connectivity index (χ1) is 8.63. The maximum absolute atomic E-state index is 11.7. The van der Waals surface area contributed by atoms with E-state index >= 15 is 0 Å². The lowest BCUT2D eigenvalue weighted by atomic mass is 10.1. The predicted octanol–water partition coefficient (Wildman–Crippen LogP) is 2.48. The van der Waals surface area contributed by atoms with Crippen molar-refractivity contribution in [2.24, 2.45) is 0 Å². The second-order valence-electron chi connectivity index (χ2n) is 4.57. The molecule has 1 N–H and O–H groups in total. The average Bonchev–Trinajstić information content (AvgIpc) is 2.81. The van der Waals surface area contributed by atoms with E-state index in [9.17, 15) is 9.90 Å². The molecule has 0 aliphatic carbocycles. The highest BCUT2D eigenvalue weighted by Gasteiger charge is 2.19. The maximum atomic E-state index is 11.7. The van der Waals surface area contributed by atoms with E-state index in [1.807, 2.05) is 13.0 Å². The van der Waals surface area contributed by atoms with Crippen molar-refractivity contribution in [1.82, 2.24) is 0 Å². The number of phenolic OH excluding ortho intramolecular Hbond substituents is 1. The highest BCUT2D eigenvalue weighted by Crippen LogP contribution is 2.30. The van der Waals surface area contributed by atoms with E-state index in [2.05, 4.69) is 4.90 Å². The molecule has 0 bridgehead atoms. The summed E-state index contributed by atoms with van der Waals surface area (Å²) in [6, 6.07) is 3.60. The summed E-state index contributed by atoms with van der Waals surface area (Å²) in [5, 5.41) is 10.0. The number of carbonyl (C=O) groups excluding carboxylic acids is 1. The lowest BCUT2D eigenvalue weighted by molar-refractivity contribution is 0.0522. The van der Waals surface area contributed by atoms with Crippen LogP contribution in [0.15, 0.2) is 12.1 Å². The molecular weight excluding hydrogens is 230 g/mol. The van der Waals surface area contributed by atoms with Crippen LogP contribution < -0.4 is 4.90 Å². The van der Waals surface area contributed by atoms with E-state index in [4.69, 9.17) is 4.74 Å². The Balaban J connectivity index is 2.31. The molecular formula is C14H19NO3. The zero-order chi connectivity index (χ0) is 13.1. The van der Waals surface area contributed by atoms with Gasteiger partial charge in [0, 0.05) is 24.8 Å². The molecule has 1 saturated heterocycles. The molecule has 0 aromatic heterocycles. The third-order valence-electron chi connectivity index (χ3n) is 3.25. The van der Waals surface area contributed by atoms with Crippen molar-refractivity contribution < 1.29 is 14.6 Å². The summed E-state index contributed by atoms with van der Waals surface area (Å²) < 4.78 is 4.94. The van der Waals surface area contributed by atoms with Crippen LogP contribution in [0.1, 0.15) is 35.7 Å². The van der Waals surface area contributed by atoms with Crippen LogP contribution in [0.2, 0.25) is 0 Å². The van der Waals surface area contributed by atoms with Crippen LogP contribution in [0.4, 0.5) is 5.69 Å². The molecule has 4 heteroatoms. The van der Waals surface area contributed by atoms with Gasteiger partial charge in [-0.1, -0.05) is 0 Å². The van der Waals surface area contributed by atoms with Crippen molar-refractivity contribution in [3.05, 3.63) is 23.3 Å². The average molecular weight is 249 g/mol. The van der Waals surface area contributed by atoms with E-state index in [-0.39, 0.29) is 11.3 Å². The van der Waals surface area contributed by atoms with Gasteiger partial charge in [0.1, 0.15) is 11.3 Å². The number of rotatable bonds is 3. The number of esters is 1. The number of anilines is 1. The number of phenols is 1. The standard InChI is InChI=1S/C14H19NO3/c1-3-18-14(17)13-10(2)8-11(9-12(13)16)15-6-4-5-7-15/h8-9,16H,3-7H2,1-2H3. The van der Waals surface area contributed by atoms with Crippen molar-refractivity contribution in [2.75, 3.05) is 24.6 Å². The van der Waals surface area contributed by atoms with Gasteiger partial charge in [0.25, 0.3) is 0 Å². The number of hydrogen-bond acceptors (Lipinski definition) is 4. The van der Waals surface area contributed by atoms with Crippen LogP contribution in [0.25, 0.3) is 0 Å². The molecule has 98 valence electrons. The lowest BCUT2D eigenvalue weighted by Crippen LogP contribution is -2.18. The van der Waals surface area contributed by atoms with Gasteiger partial charge < -0.3 is 14.7 Å². The van der Waals surface area contributed by atoms with Crippen LogP contribution in [-0.2, 0) is 4.74 Å². The van der Waals surface area contributed by atoms with Crippen LogP contribution in [-0.4, -0.2) is 30.8 Å². The molecule has 0 radical (unpaired) electrons. The monoisotopic (exact) mass is 249 g/mol. The Bertz CT molecular complexity index is 427. The Morgan fingerprint density at radius 1 is 1.39 bits per heavy atom. The van der Waals surface area contributed by atoms with Gasteiger partial charge in [0.05, 0.1) is 6.61 Å². The fourth-order valence-corrected chi connectivity index (χ4v) is 2.38. The Labute approximate surface area is 107 Å². The number of aryl methyl sites for hydroxylation is 1. The Morgan fingerprint density at radius 3 is 2.61 bits per heavy atom. The number of hydrogen-bond donors (Lipinski definition) is 1. The van der Waals surface area contributed by atoms with Crippen LogP contribution in [0.5, 0.6) is 5.75 Å². The summed E-state index contributed by atoms with van der Waals surface area (Å²) in [6.45, 7) is 5.91. The zero-order valence-corrected chi connectivity index (χ0v) is 10.9. The number of aromatic hydroxyl groups is 1. The van der Waals surface area contributed by atoms with Gasteiger partial charge in [0.15, 0.2) is 0 Å². The fourth-order valence-electron chi connectivity index (χ4n) is 2.38. The number of nitrogens with zero attached hydrogens (tertiary/aromatic N) is 1. The highest BCUT2D eigenvalue weighted by atomic mass is 16.5. The third-order valence-corrected chi connectivity index (χ3v) is 3.25. The van der Waals surface area contributed by atoms with Gasteiger partial charge in [-0.15, -0.1) is 0 Å². The molecule has 1 aliphatic rings. The maximum Gasteiger partial charge on any atom is 0.342 e. The summed E-state index contributed by atoms with van der Waals surface area (Å²) >= 11 is 0. The van der Waals surface area contributed by atoms with Crippen LogP contribution in [0, 0.1) is 6.92 Å². The first-order valence-corrected chi connectivity index (χ1v) is 6.39. The highest BCUT2D eigenvalue weighted by molar-refractivity contribution is 5.94. The topological polar surface area (TPSA) is 49.8 Å². The molecule has 1 heterocycles. The molecule has 4 nitrogen and oxygen atoms in total. The predicted molar refractivity (Wildman–Crippen MR) is 70.2 cm³/mol. The summed E-state index contributed by atoms with van der Waals surface area (Å²) in [5.41, 5.74) is 2.02. The molecule has 0 saturated carbocycles. The fraction of sp³-hybridized carbons (Fsp3) is 0.500. The number of ether oxygens (including phenoxy) is 1. The van der Waals surface area contributed by atoms with Gasteiger partial charge in [-0.05, 0) is 38.3 Å². The van der Waals surface area contributed by atoms with Crippen molar-refractivity contribution in [3.8, 4) is 5.75 Å². The van der Waals surface area contributed by atoms with E-state index in [0.29, 0.717) is 6.61 Å². The molecule has 1 aliphatic heterocycles. The largest absolute Gasteiger partial charge is 0.507 e. The summed E-state index contributed by atoms with van der Waals surface area (Å²) in [6.07, 6.45) is 2.36. The van der Waals surface area contributed by atoms with Crippen LogP contribution in [0.3, 0.4) is 0 Å². The minimum atomic E-state index is -0.458. The molecule has 1 aromatic carbocycles. The SMILES string of the molecule is CCOC(=O)c1c(C)cc(N2CCCC2)cc1O. The van der Waals surface area contributed by atoms with E-state index in [1.54, 1.807) is 13.0 Å².